The SMILES string of the molecule is CC(Cl)c1nnnn1-c1ccccc1-c1ccccc1. The van der Waals surface area contributed by atoms with Crippen molar-refractivity contribution < 1.29 is 0 Å². The molecule has 0 N–H and O–H groups in total. The Balaban J connectivity index is 2.18. The van der Waals surface area contributed by atoms with Gasteiger partial charge in [-0.2, -0.15) is 4.68 Å². The molecule has 0 fully saturated rings. The lowest BCUT2D eigenvalue weighted by atomic mass is 10.0. The standard InChI is InChI=1S/C15H13ClN4/c1-11(16)15-17-18-19-20(15)14-10-6-5-9-13(14)12-7-3-2-4-8-12/h2-11H,1H3. The molecule has 0 radical (unpaired) electrons. The molecule has 0 saturated heterocycles. The Morgan fingerprint density at radius 1 is 1.00 bits per heavy atom. The molecule has 5 heteroatoms. The van der Waals surface area contributed by atoms with Crippen molar-refractivity contribution in [2.45, 2.75) is 12.3 Å². The van der Waals surface area contributed by atoms with Gasteiger partial charge in [-0.25, -0.2) is 0 Å². The number of hydrogen-bond acceptors (Lipinski definition) is 3. The van der Waals surface area contributed by atoms with E-state index in [2.05, 4.69) is 33.7 Å². The quantitative estimate of drug-likeness (QED) is 0.690. The van der Waals surface area contributed by atoms with Crippen LogP contribution in [0.4, 0.5) is 0 Å². The highest BCUT2D eigenvalue weighted by Gasteiger charge is 2.16. The number of benzene rings is 2. The van der Waals surface area contributed by atoms with E-state index in [1.54, 1.807) is 4.68 Å². The molecule has 0 bridgehead atoms. The van der Waals surface area contributed by atoms with Crippen LogP contribution in [0.3, 0.4) is 0 Å². The monoisotopic (exact) mass is 284 g/mol. The Kier molecular flexibility index (Phi) is 3.48. The number of tetrazole rings is 1. The Morgan fingerprint density at radius 3 is 2.45 bits per heavy atom. The Hall–Kier alpha value is -2.20. The van der Waals surface area contributed by atoms with Crippen LogP contribution < -0.4 is 0 Å². The number of halogens is 1. The maximum Gasteiger partial charge on any atom is 0.174 e. The lowest BCUT2D eigenvalue weighted by Crippen LogP contribution is -2.05. The molecular formula is C15H13ClN4. The third-order valence-corrected chi connectivity index (χ3v) is 3.26. The zero-order chi connectivity index (χ0) is 13.9. The minimum absolute atomic E-state index is 0.256. The maximum absolute atomic E-state index is 6.13. The number of rotatable bonds is 3. The number of alkyl halides is 1. The van der Waals surface area contributed by atoms with Crippen molar-refractivity contribution in [3.05, 3.63) is 60.4 Å². The van der Waals surface area contributed by atoms with E-state index in [0.717, 1.165) is 16.8 Å². The summed E-state index contributed by atoms with van der Waals surface area (Å²) < 4.78 is 1.69. The van der Waals surface area contributed by atoms with Gasteiger partial charge < -0.3 is 0 Å². The van der Waals surface area contributed by atoms with Crippen LogP contribution in [0.25, 0.3) is 16.8 Å². The van der Waals surface area contributed by atoms with Crippen molar-refractivity contribution in [2.24, 2.45) is 0 Å². The highest BCUT2D eigenvalue weighted by atomic mass is 35.5. The van der Waals surface area contributed by atoms with Gasteiger partial charge in [-0.15, -0.1) is 16.7 Å². The van der Waals surface area contributed by atoms with E-state index < -0.39 is 0 Å². The first kappa shape index (κ1) is 12.8. The van der Waals surface area contributed by atoms with Crippen molar-refractivity contribution in [1.29, 1.82) is 0 Å². The summed E-state index contributed by atoms with van der Waals surface area (Å²) >= 11 is 6.13. The summed E-state index contributed by atoms with van der Waals surface area (Å²) in [5, 5.41) is 11.5. The van der Waals surface area contributed by atoms with E-state index in [9.17, 15) is 0 Å². The average molecular weight is 285 g/mol. The van der Waals surface area contributed by atoms with Crippen LogP contribution in [-0.2, 0) is 0 Å². The van der Waals surface area contributed by atoms with Gasteiger partial charge in [-0.05, 0) is 29.0 Å². The van der Waals surface area contributed by atoms with Gasteiger partial charge in [0.15, 0.2) is 5.82 Å². The summed E-state index contributed by atoms with van der Waals surface area (Å²) in [6.45, 7) is 1.86. The molecule has 3 aromatic rings. The fourth-order valence-corrected chi connectivity index (χ4v) is 2.27. The summed E-state index contributed by atoms with van der Waals surface area (Å²) in [4.78, 5) is 0. The topological polar surface area (TPSA) is 43.6 Å². The van der Waals surface area contributed by atoms with Gasteiger partial charge >= 0.3 is 0 Å². The molecule has 1 unspecified atom stereocenters. The lowest BCUT2D eigenvalue weighted by molar-refractivity contribution is 0.762. The maximum atomic E-state index is 6.13. The van der Waals surface area contributed by atoms with Crippen molar-refractivity contribution in [1.82, 2.24) is 20.2 Å². The molecule has 0 aliphatic heterocycles. The zero-order valence-electron chi connectivity index (χ0n) is 10.9. The molecule has 0 amide bonds. The van der Waals surface area contributed by atoms with Gasteiger partial charge in [0.2, 0.25) is 0 Å². The largest absolute Gasteiger partial charge is 0.195 e. The Morgan fingerprint density at radius 2 is 1.70 bits per heavy atom. The minimum Gasteiger partial charge on any atom is -0.195 e. The second-order valence-electron chi connectivity index (χ2n) is 4.45. The molecule has 4 nitrogen and oxygen atoms in total. The van der Waals surface area contributed by atoms with E-state index in [1.165, 1.54) is 0 Å². The van der Waals surface area contributed by atoms with Gasteiger partial charge in [-0.1, -0.05) is 48.5 Å². The van der Waals surface area contributed by atoms with Crippen LogP contribution in [0.5, 0.6) is 0 Å². The second kappa shape index (κ2) is 5.43. The van der Waals surface area contributed by atoms with Gasteiger partial charge in [0.25, 0.3) is 0 Å². The third kappa shape index (κ3) is 2.30. The third-order valence-electron chi connectivity index (χ3n) is 3.07. The Bertz CT molecular complexity index is 707. The molecule has 0 spiro atoms. The van der Waals surface area contributed by atoms with Crippen molar-refractivity contribution in [2.75, 3.05) is 0 Å². The van der Waals surface area contributed by atoms with Gasteiger partial charge in [0.05, 0.1) is 11.1 Å². The van der Waals surface area contributed by atoms with Crippen LogP contribution in [0, 0.1) is 0 Å². The van der Waals surface area contributed by atoms with E-state index >= 15 is 0 Å². The predicted octanol–water partition coefficient (Wildman–Crippen LogP) is 3.63. The average Bonchev–Trinajstić information content (AvgIpc) is 2.98. The van der Waals surface area contributed by atoms with Crippen molar-refractivity contribution >= 4 is 11.6 Å². The van der Waals surface area contributed by atoms with Crippen LogP contribution >= 0.6 is 11.6 Å². The highest BCUT2D eigenvalue weighted by Crippen LogP contribution is 2.28. The smallest absolute Gasteiger partial charge is 0.174 e. The number of nitrogens with zero attached hydrogens (tertiary/aromatic N) is 4. The summed E-state index contributed by atoms with van der Waals surface area (Å²) in [7, 11) is 0. The molecule has 0 saturated carbocycles. The number of hydrogen-bond donors (Lipinski definition) is 0. The molecule has 1 heterocycles. The fourth-order valence-electron chi connectivity index (χ4n) is 2.13. The first-order valence-corrected chi connectivity index (χ1v) is 6.78. The van der Waals surface area contributed by atoms with Crippen molar-refractivity contribution in [3.8, 4) is 16.8 Å². The van der Waals surface area contributed by atoms with Gasteiger partial charge in [-0.3, -0.25) is 0 Å². The number of para-hydroxylation sites is 1. The summed E-state index contributed by atoms with van der Waals surface area (Å²) in [5.41, 5.74) is 3.11. The summed E-state index contributed by atoms with van der Waals surface area (Å²) in [6, 6.07) is 18.1. The molecule has 1 atom stereocenters. The minimum atomic E-state index is -0.256. The number of aromatic nitrogens is 4. The first-order chi connectivity index (χ1) is 9.77. The van der Waals surface area contributed by atoms with E-state index in [-0.39, 0.29) is 5.38 Å². The molecule has 100 valence electrons. The molecule has 0 aliphatic rings. The van der Waals surface area contributed by atoms with E-state index in [0.29, 0.717) is 5.82 Å². The zero-order valence-corrected chi connectivity index (χ0v) is 11.7. The van der Waals surface area contributed by atoms with Gasteiger partial charge in [0.1, 0.15) is 0 Å². The van der Waals surface area contributed by atoms with Crippen LogP contribution in [-0.4, -0.2) is 20.2 Å². The molecule has 20 heavy (non-hydrogen) atoms. The molecule has 1 aromatic heterocycles. The first-order valence-electron chi connectivity index (χ1n) is 6.34. The second-order valence-corrected chi connectivity index (χ2v) is 5.10. The fraction of sp³-hybridized carbons (Fsp3) is 0.133. The summed E-state index contributed by atoms with van der Waals surface area (Å²) in [6.07, 6.45) is 0. The van der Waals surface area contributed by atoms with Crippen LogP contribution in [0.1, 0.15) is 18.1 Å². The Labute approximate surface area is 122 Å². The normalized spacial score (nSPS) is 12.3. The van der Waals surface area contributed by atoms with Crippen molar-refractivity contribution in [3.63, 3.8) is 0 Å². The lowest BCUT2D eigenvalue weighted by Gasteiger charge is -2.11. The van der Waals surface area contributed by atoms with Gasteiger partial charge in [0, 0.05) is 5.56 Å². The summed E-state index contributed by atoms with van der Waals surface area (Å²) in [5.74, 6) is 0.634. The molecule has 3 rings (SSSR count). The van der Waals surface area contributed by atoms with E-state index in [4.69, 9.17) is 11.6 Å². The van der Waals surface area contributed by atoms with Crippen LogP contribution in [0.15, 0.2) is 54.6 Å². The van der Waals surface area contributed by atoms with Crippen LogP contribution in [0.2, 0.25) is 0 Å². The molecular weight excluding hydrogens is 272 g/mol. The molecule has 2 aromatic carbocycles. The highest BCUT2D eigenvalue weighted by molar-refractivity contribution is 6.20. The predicted molar refractivity (Wildman–Crippen MR) is 78.9 cm³/mol. The molecule has 0 aliphatic carbocycles. The van der Waals surface area contributed by atoms with E-state index in [1.807, 2.05) is 43.3 Å².